The van der Waals surface area contributed by atoms with E-state index in [1.807, 2.05) is 24.3 Å². The summed E-state index contributed by atoms with van der Waals surface area (Å²) < 4.78 is 16.0. The van der Waals surface area contributed by atoms with Crippen LogP contribution in [-0.4, -0.2) is 42.8 Å². The second-order valence-electron chi connectivity index (χ2n) is 7.18. The number of rotatable bonds is 7. The van der Waals surface area contributed by atoms with Crippen molar-refractivity contribution in [1.29, 1.82) is 0 Å². The van der Waals surface area contributed by atoms with E-state index in [1.165, 1.54) is 14.2 Å². The van der Waals surface area contributed by atoms with Gasteiger partial charge in [0.05, 0.1) is 19.1 Å². The Kier molecular flexibility index (Phi) is 6.65. The number of hydrogen-bond donors (Lipinski definition) is 0. The molecule has 1 aliphatic rings. The van der Waals surface area contributed by atoms with Gasteiger partial charge in [0.1, 0.15) is 13.2 Å². The van der Waals surface area contributed by atoms with Crippen LogP contribution in [0.3, 0.4) is 0 Å². The average molecular weight is 464 g/mol. The van der Waals surface area contributed by atoms with Crippen molar-refractivity contribution in [3.8, 4) is 11.5 Å². The predicted molar refractivity (Wildman–Crippen MR) is 126 cm³/mol. The molecular formula is C25H21NO6S. The van der Waals surface area contributed by atoms with E-state index in [0.29, 0.717) is 23.7 Å². The molecular weight excluding hydrogens is 442 g/mol. The van der Waals surface area contributed by atoms with Crippen LogP contribution in [0.1, 0.15) is 11.1 Å². The number of amides is 2. The summed E-state index contributed by atoms with van der Waals surface area (Å²) in [6.07, 6.45) is 1.58. The van der Waals surface area contributed by atoms with E-state index >= 15 is 0 Å². The number of methoxy groups -OCH3 is 2. The lowest BCUT2D eigenvalue weighted by Crippen LogP contribution is -2.34. The molecule has 2 amide bonds. The molecule has 1 fully saturated rings. The Morgan fingerprint density at radius 1 is 1.00 bits per heavy atom. The summed E-state index contributed by atoms with van der Waals surface area (Å²) in [6, 6.07) is 19.4. The zero-order chi connectivity index (χ0) is 23.4. The minimum atomic E-state index is -0.659. The molecule has 33 heavy (non-hydrogen) atoms. The number of carbonyl (C=O) groups is 3. The third kappa shape index (κ3) is 4.85. The Bertz CT molecular complexity index is 1260. The summed E-state index contributed by atoms with van der Waals surface area (Å²) >= 11 is 0.774. The number of esters is 1. The fourth-order valence-electron chi connectivity index (χ4n) is 3.45. The van der Waals surface area contributed by atoms with Gasteiger partial charge in [-0.1, -0.05) is 48.5 Å². The van der Waals surface area contributed by atoms with Crippen molar-refractivity contribution in [2.24, 2.45) is 0 Å². The van der Waals surface area contributed by atoms with Gasteiger partial charge in [0.2, 0.25) is 0 Å². The van der Waals surface area contributed by atoms with Crippen molar-refractivity contribution >= 4 is 45.7 Å². The molecule has 3 aromatic carbocycles. The van der Waals surface area contributed by atoms with Crippen molar-refractivity contribution in [3.05, 3.63) is 76.7 Å². The summed E-state index contributed by atoms with van der Waals surface area (Å²) in [5.41, 5.74) is 1.71. The molecule has 7 nitrogen and oxygen atoms in total. The van der Waals surface area contributed by atoms with Gasteiger partial charge in [0.15, 0.2) is 11.5 Å². The van der Waals surface area contributed by atoms with Crippen LogP contribution in [0, 0.1) is 0 Å². The largest absolute Gasteiger partial charge is 0.493 e. The van der Waals surface area contributed by atoms with Gasteiger partial charge in [-0.3, -0.25) is 19.3 Å². The van der Waals surface area contributed by atoms with Crippen molar-refractivity contribution in [2.75, 3.05) is 20.8 Å². The lowest BCUT2D eigenvalue weighted by molar-refractivity contribution is -0.143. The zero-order valence-corrected chi connectivity index (χ0v) is 18.9. The molecule has 0 aliphatic carbocycles. The van der Waals surface area contributed by atoms with Crippen molar-refractivity contribution in [2.45, 2.75) is 6.61 Å². The molecule has 0 saturated carbocycles. The molecule has 1 saturated heterocycles. The Morgan fingerprint density at radius 2 is 1.79 bits per heavy atom. The molecule has 0 atom stereocenters. The highest BCUT2D eigenvalue weighted by atomic mass is 32.2. The highest BCUT2D eigenvalue weighted by molar-refractivity contribution is 8.18. The number of fused-ring (bicyclic) bond motifs is 1. The van der Waals surface area contributed by atoms with E-state index in [4.69, 9.17) is 9.47 Å². The second kappa shape index (κ2) is 9.79. The number of carbonyl (C=O) groups excluding carboxylic acids is 3. The Hall–Kier alpha value is -3.78. The van der Waals surface area contributed by atoms with Crippen LogP contribution in [-0.2, 0) is 20.9 Å². The number of hydrogen-bond acceptors (Lipinski definition) is 7. The van der Waals surface area contributed by atoms with Crippen LogP contribution in [0.25, 0.3) is 16.8 Å². The van der Waals surface area contributed by atoms with E-state index < -0.39 is 23.7 Å². The molecule has 0 spiro atoms. The van der Waals surface area contributed by atoms with E-state index in [1.54, 1.807) is 24.3 Å². The highest BCUT2D eigenvalue weighted by Gasteiger charge is 2.36. The van der Waals surface area contributed by atoms with Gasteiger partial charge in [-0.25, -0.2) is 0 Å². The molecule has 0 aromatic heterocycles. The summed E-state index contributed by atoms with van der Waals surface area (Å²) in [5.74, 6) is -0.141. The maximum Gasteiger partial charge on any atom is 0.325 e. The number of nitrogens with zero attached hydrogens (tertiary/aromatic N) is 1. The quantitative estimate of drug-likeness (QED) is 0.373. The lowest BCUT2D eigenvalue weighted by Gasteiger charge is -2.13. The van der Waals surface area contributed by atoms with Crippen molar-refractivity contribution in [1.82, 2.24) is 4.90 Å². The molecule has 1 heterocycles. The Balaban J connectivity index is 1.52. The predicted octanol–water partition coefficient (Wildman–Crippen LogP) is 4.64. The molecule has 0 bridgehead atoms. The van der Waals surface area contributed by atoms with Crippen LogP contribution >= 0.6 is 11.8 Å². The molecule has 0 N–H and O–H groups in total. The van der Waals surface area contributed by atoms with Crippen LogP contribution < -0.4 is 9.47 Å². The van der Waals surface area contributed by atoms with Crippen LogP contribution in [0.2, 0.25) is 0 Å². The minimum absolute atomic E-state index is 0.218. The molecule has 168 valence electrons. The van der Waals surface area contributed by atoms with Gasteiger partial charge < -0.3 is 14.2 Å². The molecule has 0 unspecified atom stereocenters. The van der Waals surface area contributed by atoms with E-state index in [9.17, 15) is 14.4 Å². The van der Waals surface area contributed by atoms with Crippen LogP contribution in [0.4, 0.5) is 4.79 Å². The van der Waals surface area contributed by atoms with Crippen LogP contribution in [0.15, 0.2) is 65.6 Å². The van der Waals surface area contributed by atoms with Gasteiger partial charge in [0, 0.05) is 0 Å². The smallest absolute Gasteiger partial charge is 0.325 e. The summed E-state index contributed by atoms with van der Waals surface area (Å²) in [7, 11) is 2.74. The summed E-state index contributed by atoms with van der Waals surface area (Å²) in [4.78, 5) is 37.1. The first kappa shape index (κ1) is 22.4. The van der Waals surface area contributed by atoms with Gasteiger partial charge in [0.25, 0.3) is 11.1 Å². The van der Waals surface area contributed by atoms with Crippen LogP contribution in [0.5, 0.6) is 11.5 Å². The molecule has 3 aromatic rings. The number of thioether (sulfide) groups is 1. The van der Waals surface area contributed by atoms with Gasteiger partial charge in [-0.2, -0.15) is 0 Å². The first-order chi connectivity index (χ1) is 16.0. The number of ether oxygens (including phenoxy) is 3. The highest BCUT2D eigenvalue weighted by Crippen LogP contribution is 2.35. The molecule has 1 aliphatic heterocycles. The topological polar surface area (TPSA) is 82.1 Å². The third-order valence-electron chi connectivity index (χ3n) is 5.14. The normalized spacial score (nSPS) is 14.7. The minimum Gasteiger partial charge on any atom is -0.493 e. The third-order valence-corrected chi connectivity index (χ3v) is 6.04. The second-order valence-corrected chi connectivity index (χ2v) is 8.17. The van der Waals surface area contributed by atoms with Crippen molar-refractivity contribution < 1.29 is 28.6 Å². The van der Waals surface area contributed by atoms with Gasteiger partial charge >= 0.3 is 5.97 Å². The Labute approximate surface area is 194 Å². The lowest BCUT2D eigenvalue weighted by atomic mass is 10.1. The molecule has 4 rings (SSSR count). The fraction of sp³-hybridized carbons (Fsp3) is 0.160. The number of benzene rings is 3. The monoisotopic (exact) mass is 463 g/mol. The first-order valence-corrected chi connectivity index (χ1v) is 10.9. The average Bonchev–Trinajstić information content (AvgIpc) is 3.10. The first-order valence-electron chi connectivity index (χ1n) is 10.1. The standard InChI is InChI=1S/C25H21NO6S/c1-30-21-12-16(13-22-24(28)26(25(29)33-22)14-23(27)31-2)10-11-20(21)32-15-18-8-5-7-17-6-3-4-9-19(17)18/h3-13H,14-15H2,1-2H3/b22-13+. The maximum absolute atomic E-state index is 12.5. The SMILES string of the molecule is COC(=O)CN1C(=O)S/C(=C/c2ccc(OCc3cccc4ccccc34)c(OC)c2)C1=O. The van der Waals surface area contributed by atoms with Gasteiger partial charge in [-0.15, -0.1) is 0 Å². The summed E-state index contributed by atoms with van der Waals surface area (Å²) in [5, 5.41) is 1.75. The van der Waals surface area contributed by atoms with Gasteiger partial charge in [-0.05, 0) is 51.9 Å². The van der Waals surface area contributed by atoms with E-state index in [-0.39, 0.29) is 4.91 Å². The summed E-state index contributed by atoms with van der Waals surface area (Å²) in [6.45, 7) is -0.0494. The van der Waals surface area contributed by atoms with E-state index in [2.05, 4.69) is 22.9 Å². The zero-order valence-electron chi connectivity index (χ0n) is 18.1. The maximum atomic E-state index is 12.5. The molecule has 0 radical (unpaired) electrons. The fourth-order valence-corrected chi connectivity index (χ4v) is 4.29. The van der Waals surface area contributed by atoms with E-state index in [0.717, 1.165) is 33.0 Å². The molecule has 8 heteroatoms. The number of imide groups is 1. The van der Waals surface area contributed by atoms with Crippen molar-refractivity contribution in [3.63, 3.8) is 0 Å². The Morgan fingerprint density at radius 3 is 2.58 bits per heavy atom.